The molecule has 1 saturated heterocycles. The normalized spacial score (nSPS) is 21.8. The Morgan fingerprint density at radius 2 is 2.05 bits per heavy atom. The monoisotopic (exact) mass is 300 g/mol. The summed E-state index contributed by atoms with van der Waals surface area (Å²) < 4.78 is 0. The van der Waals surface area contributed by atoms with E-state index in [9.17, 15) is 9.59 Å². The number of carbonyl (C=O) groups is 2. The molecule has 1 aliphatic heterocycles. The molecule has 1 atom stereocenters. The summed E-state index contributed by atoms with van der Waals surface area (Å²) in [6.45, 7) is 5.67. The van der Waals surface area contributed by atoms with Crippen LogP contribution in [0.5, 0.6) is 0 Å². The molecule has 118 valence electrons. The minimum absolute atomic E-state index is 0.0286. The molecule has 4 nitrogen and oxygen atoms in total. The van der Waals surface area contributed by atoms with E-state index in [1.807, 2.05) is 50.3 Å². The zero-order valence-corrected chi connectivity index (χ0v) is 13.3. The van der Waals surface area contributed by atoms with Gasteiger partial charge in [-0.25, -0.2) is 0 Å². The Bertz CT molecular complexity index is 553. The molecule has 1 fully saturated rings. The minimum atomic E-state index is -0.482. The van der Waals surface area contributed by atoms with Crippen LogP contribution in [-0.4, -0.2) is 36.3 Å². The maximum absolute atomic E-state index is 12.3. The fraction of sp³-hybridized carbons (Fsp3) is 0.444. The SMILES string of the molecule is CCNC(=O)C1(C)CCCN(C(=O)/C=C/c2ccccc2)C1. The Balaban J connectivity index is 2.01. The first-order chi connectivity index (χ1) is 10.5. The highest BCUT2D eigenvalue weighted by Crippen LogP contribution is 2.29. The lowest BCUT2D eigenvalue weighted by atomic mass is 9.81. The summed E-state index contributed by atoms with van der Waals surface area (Å²) in [4.78, 5) is 26.3. The standard InChI is InChI=1S/C18H24N2O2/c1-3-19-17(22)18(2)12-7-13-20(14-18)16(21)11-10-15-8-5-4-6-9-15/h4-6,8-11H,3,7,12-14H2,1-2H3,(H,19,22)/b11-10+. The van der Waals surface area contributed by atoms with Gasteiger partial charge >= 0.3 is 0 Å². The number of nitrogens with one attached hydrogen (secondary N) is 1. The topological polar surface area (TPSA) is 49.4 Å². The van der Waals surface area contributed by atoms with Gasteiger partial charge in [-0.3, -0.25) is 9.59 Å². The van der Waals surface area contributed by atoms with Crippen molar-refractivity contribution >= 4 is 17.9 Å². The number of benzene rings is 1. The van der Waals surface area contributed by atoms with E-state index in [1.54, 1.807) is 11.0 Å². The maximum atomic E-state index is 12.3. The molecule has 0 saturated carbocycles. The number of nitrogens with zero attached hydrogens (tertiary/aromatic N) is 1. The number of amides is 2. The van der Waals surface area contributed by atoms with E-state index in [0.29, 0.717) is 19.6 Å². The number of hydrogen-bond acceptors (Lipinski definition) is 2. The smallest absolute Gasteiger partial charge is 0.246 e. The zero-order chi connectivity index (χ0) is 16.0. The van der Waals surface area contributed by atoms with Crippen molar-refractivity contribution in [3.05, 3.63) is 42.0 Å². The number of piperidine rings is 1. The van der Waals surface area contributed by atoms with Crippen LogP contribution >= 0.6 is 0 Å². The van der Waals surface area contributed by atoms with Gasteiger partial charge in [-0.1, -0.05) is 30.3 Å². The van der Waals surface area contributed by atoms with Gasteiger partial charge in [-0.2, -0.15) is 0 Å². The third kappa shape index (κ3) is 3.97. The van der Waals surface area contributed by atoms with Gasteiger partial charge in [0.15, 0.2) is 0 Å². The number of likely N-dealkylation sites (tertiary alicyclic amines) is 1. The van der Waals surface area contributed by atoms with Crippen molar-refractivity contribution in [2.45, 2.75) is 26.7 Å². The van der Waals surface area contributed by atoms with Crippen LogP contribution in [0.3, 0.4) is 0 Å². The van der Waals surface area contributed by atoms with Crippen molar-refractivity contribution in [1.82, 2.24) is 10.2 Å². The lowest BCUT2D eigenvalue weighted by molar-refractivity contribution is -0.137. The summed E-state index contributed by atoms with van der Waals surface area (Å²) >= 11 is 0. The Kier molecular flexibility index (Phi) is 5.36. The predicted molar refractivity (Wildman–Crippen MR) is 88.1 cm³/mol. The van der Waals surface area contributed by atoms with E-state index in [1.165, 1.54) is 0 Å². The largest absolute Gasteiger partial charge is 0.356 e. The van der Waals surface area contributed by atoms with Gasteiger partial charge in [0.1, 0.15) is 0 Å². The van der Waals surface area contributed by atoms with Crippen molar-refractivity contribution in [2.24, 2.45) is 5.41 Å². The molecule has 0 aromatic heterocycles. The molecule has 1 aliphatic rings. The van der Waals surface area contributed by atoms with E-state index in [4.69, 9.17) is 0 Å². The molecule has 0 aliphatic carbocycles. The summed E-state index contributed by atoms with van der Waals surface area (Å²) in [6.07, 6.45) is 5.10. The molecule has 1 unspecified atom stereocenters. The van der Waals surface area contributed by atoms with E-state index in [2.05, 4.69) is 5.32 Å². The van der Waals surface area contributed by atoms with Gasteiger partial charge in [0.05, 0.1) is 5.41 Å². The molecule has 0 radical (unpaired) electrons. The number of carbonyl (C=O) groups excluding carboxylic acids is 2. The molecule has 0 spiro atoms. The van der Waals surface area contributed by atoms with Crippen LogP contribution in [0, 0.1) is 5.41 Å². The third-order valence-electron chi connectivity index (χ3n) is 4.11. The van der Waals surface area contributed by atoms with E-state index < -0.39 is 5.41 Å². The van der Waals surface area contributed by atoms with Crippen molar-refractivity contribution in [2.75, 3.05) is 19.6 Å². The number of hydrogen-bond donors (Lipinski definition) is 1. The van der Waals surface area contributed by atoms with Crippen molar-refractivity contribution < 1.29 is 9.59 Å². The second kappa shape index (κ2) is 7.25. The van der Waals surface area contributed by atoms with Crippen LogP contribution in [0.4, 0.5) is 0 Å². The van der Waals surface area contributed by atoms with Gasteiger partial charge in [-0.15, -0.1) is 0 Å². The average Bonchev–Trinajstić information content (AvgIpc) is 2.54. The van der Waals surface area contributed by atoms with Gasteiger partial charge in [0.25, 0.3) is 0 Å². The Labute approximate surface area is 132 Å². The van der Waals surface area contributed by atoms with E-state index in [-0.39, 0.29) is 11.8 Å². The predicted octanol–water partition coefficient (Wildman–Crippen LogP) is 2.46. The zero-order valence-electron chi connectivity index (χ0n) is 13.3. The number of rotatable bonds is 4. The van der Waals surface area contributed by atoms with Crippen LogP contribution in [0.25, 0.3) is 6.08 Å². The second-order valence-electron chi connectivity index (χ2n) is 6.03. The Morgan fingerprint density at radius 3 is 2.73 bits per heavy atom. The van der Waals surface area contributed by atoms with Crippen molar-refractivity contribution in [3.8, 4) is 0 Å². The van der Waals surface area contributed by atoms with Crippen LogP contribution in [0.15, 0.2) is 36.4 Å². The van der Waals surface area contributed by atoms with Crippen molar-refractivity contribution in [1.29, 1.82) is 0 Å². The van der Waals surface area contributed by atoms with Gasteiger partial charge < -0.3 is 10.2 Å². The average molecular weight is 300 g/mol. The Hall–Kier alpha value is -2.10. The lowest BCUT2D eigenvalue weighted by Gasteiger charge is -2.38. The molecule has 1 aromatic carbocycles. The van der Waals surface area contributed by atoms with Crippen LogP contribution < -0.4 is 5.32 Å². The summed E-state index contributed by atoms with van der Waals surface area (Å²) in [7, 11) is 0. The highest BCUT2D eigenvalue weighted by atomic mass is 16.2. The first-order valence-corrected chi connectivity index (χ1v) is 7.85. The van der Waals surface area contributed by atoms with Gasteiger partial charge in [0.2, 0.25) is 11.8 Å². The molecular weight excluding hydrogens is 276 g/mol. The molecule has 1 N–H and O–H groups in total. The Morgan fingerprint density at radius 1 is 1.32 bits per heavy atom. The molecule has 1 aromatic rings. The summed E-state index contributed by atoms with van der Waals surface area (Å²) in [5.74, 6) is 0.0126. The summed E-state index contributed by atoms with van der Waals surface area (Å²) in [6, 6.07) is 9.74. The summed E-state index contributed by atoms with van der Waals surface area (Å²) in [5.41, 5.74) is 0.518. The van der Waals surface area contributed by atoms with Gasteiger partial charge in [0, 0.05) is 25.7 Å². The highest BCUT2D eigenvalue weighted by Gasteiger charge is 2.38. The van der Waals surface area contributed by atoms with Crippen LogP contribution in [-0.2, 0) is 9.59 Å². The molecule has 2 rings (SSSR count). The highest BCUT2D eigenvalue weighted by molar-refractivity contribution is 5.92. The fourth-order valence-electron chi connectivity index (χ4n) is 2.82. The maximum Gasteiger partial charge on any atom is 0.246 e. The van der Waals surface area contributed by atoms with Crippen LogP contribution in [0.1, 0.15) is 32.3 Å². The fourth-order valence-corrected chi connectivity index (χ4v) is 2.82. The molecule has 1 heterocycles. The minimum Gasteiger partial charge on any atom is -0.356 e. The third-order valence-corrected chi connectivity index (χ3v) is 4.11. The molecular formula is C18H24N2O2. The molecule has 2 amide bonds. The first-order valence-electron chi connectivity index (χ1n) is 7.85. The van der Waals surface area contributed by atoms with E-state index in [0.717, 1.165) is 18.4 Å². The first kappa shape index (κ1) is 16.3. The molecule has 22 heavy (non-hydrogen) atoms. The van der Waals surface area contributed by atoms with Gasteiger partial charge in [-0.05, 0) is 38.3 Å². The van der Waals surface area contributed by atoms with E-state index >= 15 is 0 Å². The molecule has 0 bridgehead atoms. The van der Waals surface area contributed by atoms with Crippen molar-refractivity contribution in [3.63, 3.8) is 0 Å². The summed E-state index contributed by atoms with van der Waals surface area (Å²) in [5, 5.41) is 2.88. The van der Waals surface area contributed by atoms with Crippen LogP contribution in [0.2, 0.25) is 0 Å². The quantitative estimate of drug-likeness (QED) is 0.868. The molecule has 4 heteroatoms. The lowest BCUT2D eigenvalue weighted by Crippen LogP contribution is -2.51. The second-order valence-corrected chi connectivity index (χ2v) is 6.03.